The van der Waals surface area contributed by atoms with Gasteiger partial charge >= 0.3 is 0 Å². The fourth-order valence-electron chi connectivity index (χ4n) is 6.38. The van der Waals surface area contributed by atoms with Gasteiger partial charge in [-0.1, -0.05) is 125 Å². The minimum atomic E-state index is -0.584. The number of hydrogen-bond acceptors (Lipinski definition) is 1. The van der Waals surface area contributed by atoms with E-state index in [-0.39, 0.29) is 10.2 Å². The Labute approximate surface area is 184 Å². The highest BCUT2D eigenvalue weighted by molar-refractivity contribution is 9.09. The molecule has 2 aliphatic heterocycles. The van der Waals surface area contributed by atoms with Crippen molar-refractivity contribution in [1.82, 2.24) is 0 Å². The SMILES string of the molecule is Br[C@@]12c3ccccc3[C@@H]1[C@@]1(c3ccccc3)O[C@@]2(c2ccccc2)c2ccccc21. The number of hydrogen-bond donors (Lipinski definition) is 0. The molecule has 0 N–H and O–H groups in total. The van der Waals surface area contributed by atoms with Crippen molar-refractivity contribution < 1.29 is 4.74 Å². The normalized spacial score (nSPS) is 32.1. The highest BCUT2D eigenvalue weighted by Crippen LogP contribution is 2.83. The van der Waals surface area contributed by atoms with Gasteiger partial charge < -0.3 is 4.74 Å². The molecule has 1 nitrogen and oxygen atoms in total. The Balaban J connectivity index is 1.66. The standard InChI is InChI=1S/C28H19BrO/c29-27-22-16-8-7-15-21(22)25(27)26(19-11-3-1-4-12-19)23-17-9-10-18-24(23)28(27,30-26)20-13-5-2-6-14-20/h1-18,25H/t25-,26+,27+,28+/m1/s1. The van der Waals surface area contributed by atoms with Crippen LogP contribution < -0.4 is 0 Å². The van der Waals surface area contributed by atoms with E-state index in [2.05, 4.69) is 125 Å². The van der Waals surface area contributed by atoms with E-state index in [1.807, 2.05) is 0 Å². The summed E-state index contributed by atoms with van der Waals surface area (Å²) in [6.45, 7) is 0. The Hall–Kier alpha value is -2.68. The van der Waals surface area contributed by atoms with Gasteiger partial charge in [0, 0.05) is 5.92 Å². The quantitative estimate of drug-likeness (QED) is 0.312. The lowest BCUT2D eigenvalue weighted by molar-refractivity contribution is -0.0472. The topological polar surface area (TPSA) is 9.23 Å². The summed E-state index contributed by atoms with van der Waals surface area (Å²) in [7, 11) is 0. The Kier molecular flexibility index (Phi) is 3.13. The highest BCUT2D eigenvalue weighted by Gasteiger charge is 2.82. The average Bonchev–Trinajstić information content (AvgIpc) is 3.23. The lowest BCUT2D eigenvalue weighted by Gasteiger charge is -2.55. The molecular weight excluding hydrogens is 432 g/mol. The molecule has 3 aliphatic rings. The van der Waals surface area contributed by atoms with E-state index in [4.69, 9.17) is 4.74 Å². The van der Waals surface area contributed by atoms with Crippen molar-refractivity contribution in [2.75, 3.05) is 0 Å². The van der Waals surface area contributed by atoms with Crippen LogP contribution in [0.15, 0.2) is 109 Å². The predicted octanol–water partition coefficient (Wildman–Crippen LogP) is 6.61. The van der Waals surface area contributed by atoms with Gasteiger partial charge in [-0.25, -0.2) is 0 Å². The molecule has 30 heavy (non-hydrogen) atoms. The molecule has 0 unspecified atom stereocenters. The first-order valence-electron chi connectivity index (χ1n) is 10.4. The van der Waals surface area contributed by atoms with E-state index in [1.165, 1.54) is 33.4 Å². The van der Waals surface area contributed by atoms with Gasteiger partial charge in [0.2, 0.25) is 0 Å². The third-order valence-electron chi connectivity index (χ3n) is 7.38. The van der Waals surface area contributed by atoms with E-state index >= 15 is 0 Å². The molecule has 1 aliphatic carbocycles. The molecule has 4 atom stereocenters. The van der Waals surface area contributed by atoms with Gasteiger partial charge in [-0.2, -0.15) is 0 Å². The number of benzene rings is 4. The lowest BCUT2D eigenvalue weighted by atomic mass is 9.50. The molecule has 0 spiro atoms. The molecule has 4 aromatic rings. The summed E-state index contributed by atoms with van der Waals surface area (Å²) in [6, 6.07) is 39.1. The molecule has 1 fully saturated rings. The summed E-state index contributed by atoms with van der Waals surface area (Å²) < 4.78 is 7.10. The molecule has 144 valence electrons. The van der Waals surface area contributed by atoms with Crippen LogP contribution in [0.5, 0.6) is 0 Å². The minimum absolute atomic E-state index is 0.193. The fraction of sp³-hybridized carbons (Fsp3) is 0.143. The maximum atomic E-state index is 7.42. The van der Waals surface area contributed by atoms with Gasteiger partial charge in [0.05, 0.1) is 4.32 Å². The lowest BCUT2D eigenvalue weighted by Crippen LogP contribution is -2.54. The maximum absolute atomic E-state index is 7.42. The van der Waals surface area contributed by atoms with Crippen molar-refractivity contribution in [2.45, 2.75) is 21.4 Å². The molecule has 2 bridgehead atoms. The molecule has 2 heterocycles. The summed E-state index contributed by atoms with van der Waals surface area (Å²) in [5.74, 6) is 0.193. The zero-order valence-electron chi connectivity index (χ0n) is 16.3. The van der Waals surface area contributed by atoms with Crippen molar-refractivity contribution >= 4 is 15.9 Å². The average molecular weight is 451 g/mol. The number of alkyl halides is 1. The van der Waals surface area contributed by atoms with Gasteiger partial charge in [-0.15, -0.1) is 0 Å². The first-order chi connectivity index (χ1) is 14.7. The van der Waals surface area contributed by atoms with E-state index in [0.29, 0.717) is 0 Å². The number of halogens is 1. The van der Waals surface area contributed by atoms with Crippen LogP contribution in [0, 0.1) is 0 Å². The van der Waals surface area contributed by atoms with Crippen LogP contribution in [0.4, 0.5) is 0 Å². The first kappa shape index (κ1) is 17.0. The molecule has 4 aromatic carbocycles. The summed E-state index contributed by atoms with van der Waals surface area (Å²) in [5, 5.41) is 0. The van der Waals surface area contributed by atoms with Crippen LogP contribution in [0.3, 0.4) is 0 Å². The van der Waals surface area contributed by atoms with Crippen molar-refractivity contribution in [1.29, 1.82) is 0 Å². The van der Waals surface area contributed by atoms with Crippen LogP contribution in [-0.4, -0.2) is 0 Å². The van der Waals surface area contributed by atoms with Gasteiger partial charge in [-0.3, -0.25) is 0 Å². The van der Waals surface area contributed by atoms with Crippen LogP contribution in [0.25, 0.3) is 0 Å². The van der Waals surface area contributed by atoms with Crippen LogP contribution >= 0.6 is 15.9 Å². The maximum Gasteiger partial charge on any atom is 0.140 e. The number of ether oxygens (including phenoxy) is 1. The van der Waals surface area contributed by atoms with E-state index in [1.54, 1.807) is 0 Å². The summed E-state index contributed by atoms with van der Waals surface area (Å²) in [6.07, 6.45) is 0. The van der Waals surface area contributed by atoms with E-state index in [0.717, 1.165) is 0 Å². The Morgan fingerprint density at radius 1 is 0.567 bits per heavy atom. The van der Waals surface area contributed by atoms with Gasteiger partial charge in [0.15, 0.2) is 0 Å². The number of rotatable bonds is 2. The molecule has 0 radical (unpaired) electrons. The molecule has 0 amide bonds. The van der Waals surface area contributed by atoms with Crippen molar-refractivity contribution in [3.05, 3.63) is 143 Å². The van der Waals surface area contributed by atoms with E-state index in [9.17, 15) is 0 Å². The number of fused-ring (bicyclic) bond motifs is 11. The van der Waals surface area contributed by atoms with Crippen LogP contribution in [0.2, 0.25) is 0 Å². The highest BCUT2D eigenvalue weighted by atomic mass is 79.9. The second kappa shape index (κ2) is 5.51. The van der Waals surface area contributed by atoms with Gasteiger partial charge in [0.25, 0.3) is 0 Å². The van der Waals surface area contributed by atoms with Crippen LogP contribution in [0.1, 0.15) is 39.3 Å². The molecule has 0 saturated carbocycles. The third-order valence-corrected chi connectivity index (χ3v) is 8.83. The second-order valence-electron chi connectivity index (χ2n) is 8.53. The van der Waals surface area contributed by atoms with Crippen LogP contribution in [-0.2, 0) is 20.3 Å². The third kappa shape index (κ3) is 1.61. The Morgan fingerprint density at radius 2 is 1.10 bits per heavy atom. The predicted molar refractivity (Wildman–Crippen MR) is 122 cm³/mol. The monoisotopic (exact) mass is 450 g/mol. The Bertz CT molecular complexity index is 1300. The minimum Gasteiger partial charge on any atom is -0.347 e. The molecule has 7 rings (SSSR count). The zero-order chi connectivity index (χ0) is 20.0. The molecular formula is C28H19BrO. The van der Waals surface area contributed by atoms with Crippen molar-refractivity contribution in [2.24, 2.45) is 0 Å². The van der Waals surface area contributed by atoms with Gasteiger partial charge in [0.1, 0.15) is 11.2 Å². The largest absolute Gasteiger partial charge is 0.347 e. The van der Waals surface area contributed by atoms with Gasteiger partial charge in [-0.05, 0) is 33.4 Å². The summed E-state index contributed by atoms with van der Waals surface area (Å²) >= 11 is 4.32. The Morgan fingerprint density at radius 3 is 1.80 bits per heavy atom. The van der Waals surface area contributed by atoms with E-state index < -0.39 is 11.2 Å². The molecule has 1 saturated heterocycles. The fourth-order valence-corrected chi connectivity index (χ4v) is 7.83. The second-order valence-corrected chi connectivity index (χ2v) is 9.78. The van der Waals surface area contributed by atoms with Crippen molar-refractivity contribution in [3.8, 4) is 0 Å². The molecule has 0 aromatic heterocycles. The molecule has 2 heteroatoms. The summed E-state index contributed by atoms with van der Waals surface area (Å²) in [5.41, 5.74) is 6.58. The smallest absolute Gasteiger partial charge is 0.140 e. The zero-order valence-corrected chi connectivity index (χ0v) is 17.8. The summed E-state index contributed by atoms with van der Waals surface area (Å²) in [4.78, 5) is 0. The van der Waals surface area contributed by atoms with Crippen molar-refractivity contribution in [3.63, 3.8) is 0 Å². The first-order valence-corrected chi connectivity index (χ1v) is 11.2.